The van der Waals surface area contributed by atoms with Gasteiger partial charge in [0.05, 0.1) is 6.54 Å². The first kappa shape index (κ1) is 15.7. The van der Waals surface area contributed by atoms with E-state index in [1.54, 1.807) is 25.1 Å². The van der Waals surface area contributed by atoms with Crippen molar-refractivity contribution in [3.8, 4) is 0 Å². The summed E-state index contributed by atoms with van der Waals surface area (Å²) >= 11 is 1.51. The van der Waals surface area contributed by atoms with Crippen molar-refractivity contribution in [2.24, 2.45) is 0 Å². The zero-order valence-corrected chi connectivity index (χ0v) is 13.6. The summed E-state index contributed by atoms with van der Waals surface area (Å²) in [4.78, 5) is 23.7. The minimum absolute atomic E-state index is 0.00140. The van der Waals surface area contributed by atoms with Crippen LogP contribution in [0, 0.1) is 0 Å². The van der Waals surface area contributed by atoms with Crippen LogP contribution < -0.4 is 10.6 Å². The van der Waals surface area contributed by atoms with Crippen LogP contribution in [0.25, 0.3) is 0 Å². The molecule has 1 aliphatic heterocycles. The molecule has 0 aliphatic carbocycles. The van der Waals surface area contributed by atoms with Gasteiger partial charge in [-0.1, -0.05) is 0 Å². The van der Waals surface area contributed by atoms with Gasteiger partial charge in [-0.05, 0) is 59.5 Å². The van der Waals surface area contributed by atoms with Gasteiger partial charge in [-0.15, -0.1) is 0 Å². The summed E-state index contributed by atoms with van der Waals surface area (Å²) in [5, 5.41) is 19.8. The van der Waals surface area contributed by atoms with E-state index in [9.17, 15) is 14.7 Å². The third-order valence-electron chi connectivity index (χ3n) is 4.00. The number of carbonyl (C=O) groups excluding carboxylic acids is 2. The Kier molecular flexibility index (Phi) is 4.19. The van der Waals surface area contributed by atoms with Crippen molar-refractivity contribution in [2.45, 2.75) is 25.4 Å². The fourth-order valence-electron chi connectivity index (χ4n) is 2.55. The molecule has 1 unspecified atom stereocenters. The van der Waals surface area contributed by atoms with E-state index in [0.717, 1.165) is 16.8 Å². The average Bonchev–Trinajstić information content (AvgIpc) is 3.07. The second-order valence-electron chi connectivity index (χ2n) is 5.89. The third-order valence-corrected chi connectivity index (χ3v) is 4.68. The molecule has 0 saturated heterocycles. The molecule has 120 valence electrons. The first-order chi connectivity index (χ1) is 11.0. The van der Waals surface area contributed by atoms with Crippen LogP contribution in [-0.4, -0.2) is 23.5 Å². The zero-order chi connectivity index (χ0) is 16.4. The molecule has 1 aromatic carbocycles. The highest BCUT2D eigenvalue weighted by molar-refractivity contribution is 7.08. The molecule has 2 aromatic rings. The first-order valence-electron chi connectivity index (χ1n) is 7.42. The van der Waals surface area contributed by atoms with E-state index in [0.29, 0.717) is 18.4 Å². The van der Waals surface area contributed by atoms with Gasteiger partial charge in [0.2, 0.25) is 5.91 Å². The largest absolute Gasteiger partial charge is 0.384 e. The third kappa shape index (κ3) is 3.43. The number of carbonyl (C=O) groups is 2. The number of thiophene rings is 1. The number of hydrogen-bond acceptors (Lipinski definition) is 4. The molecule has 0 saturated carbocycles. The summed E-state index contributed by atoms with van der Waals surface area (Å²) in [6.07, 6.45) is 1.07. The fourth-order valence-corrected chi connectivity index (χ4v) is 3.33. The van der Waals surface area contributed by atoms with Gasteiger partial charge in [0, 0.05) is 17.7 Å². The number of hydrogen-bond donors (Lipinski definition) is 3. The Morgan fingerprint density at radius 2 is 2.22 bits per heavy atom. The highest BCUT2D eigenvalue weighted by Gasteiger charge is 2.25. The molecule has 0 bridgehead atoms. The number of aliphatic hydroxyl groups is 1. The Morgan fingerprint density at radius 1 is 1.39 bits per heavy atom. The van der Waals surface area contributed by atoms with Crippen molar-refractivity contribution < 1.29 is 14.7 Å². The minimum atomic E-state index is -1.10. The SMILES string of the molecule is CC(O)(CNC(=O)c1ccc2c(c1)CCC(=O)N2)c1ccsc1. The van der Waals surface area contributed by atoms with Crippen molar-refractivity contribution in [3.63, 3.8) is 0 Å². The normalized spacial score (nSPS) is 16.2. The molecule has 0 fully saturated rings. The number of benzene rings is 1. The van der Waals surface area contributed by atoms with Crippen molar-refractivity contribution in [3.05, 3.63) is 51.7 Å². The first-order valence-corrected chi connectivity index (χ1v) is 8.36. The number of rotatable bonds is 4. The summed E-state index contributed by atoms with van der Waals surface area (Å²) in [6, 6.07) is 7.07. The number of nitrogens with one attached hydrogen (secondary N) is 2. The predicted octanol–water partition coefficient (Wildman–Crippen LogP) is 2.27. The van der Waals surface area contributed by atoms with E-state index in [4.69, 9.17) is 0 Å². The molecule has 5 nitrogen and oxygen atoms in total. The minimum Gasteiger partial charge on any atom is -0.384 e. The molecule has 1 atom stereocenters. The molecule has 0 spiro atoms. The Bertz CT molecular complexity index is 738. The van der Waals surface area contributed by atoms with Crippen molar-refractivity contribution in [1.82, 2.24) is 5.32 Å². The van der Waals surface area contributed by atoms with Gasteiger partial charge in [-0.2, -0.15) is 11.3 Å². The molecule has 1 aromatic heterocycles. The molecular formula is C17H18N2O3S. The fraction of sp³-hybridized carbons (Fsp3) is 0.294. The van der Waals surface area contributed by atoms with Crippen LogP contribution in [0.1, 0.15) is 34.8 Å². The van der Waals surface area contributed by atoms with Gasteiger partial charge in [0.1, 0.15) is 5.60 Å². The summed E-state index contributed by atoms with van der Waals surface area (Å²) in [7, 11) is 0. The zero-order valence-electron chi connectivity index (χ0n) is 12.8. The Hall–Kier alpha value is -2.18. The second kappa shape index (κ2) is 6.14. The van der Waals surface area contributed by atoms with E-state index in [2.05, 4.69) is 10.6 Å². The van der Waals surface area contributed by atoms with Gasteiger partial charge in [-0.3, -0.25) is 9.59 Å². The van der Waals surface area contributed by atoms with E-state index in [1.807, 2.05) is 16.8 Å². The summed E-state index contributed by atoms with van der Waals surface area (Å²) < 4.78 is 0. The second-order valence-corrected chi connectivity index (χ2v) is 6.67. The molecule has 6 heteroatoms. The summed E-state index contributed by atoms with van der Waals surface area (Å²) in [6.45, 7) is 1.81. The van der Waals surface area contributed by atoms with Crippen LogP contribution in [0.2, 0.25) is 0 Å². The van der Waals surface area contributed by atoms with Gasteiger partial charge >= 0.3 is 0 Å². The molecule has 2 amide bonds. The maximum Gasteiger partial charge on any atom is 0.251 e. The van der Waals surface area contributed by atoms with Crippen LogP contribution in [-0.2, 0) is 16.8 Å². The maximum absolute atomic E-state index is 12.3. The molecule has 3 N–H and O–H groups in total. The van der Waals surface area contributed by atoms with E-state index < -0.39 is 5.60 Å². The van der Waals surface area contributed by atoms with Crippen LogP contribution in [0.15, 0.2) is 35.0 Å². The van der Waals surface area contributed by atoms with Gasteiger partial charge in [0.25, 0.3) is 5.91 Å². The van der Waals surface area contributed by atoms with Crippen molar-refractivity contribution in [2.75, 3.05) is 11.9 Å². The molecule has 3 rings (SSSR count). The van der Waals surface area contributed by atoms with Gasteiger partial charge < -0.3 is 15.7 Å². The van der Waals surface area contributed by atoms with Crippen molar-refractivity contribution >= 4 is 28.8 Å². The smallest absolute Gasteiger partial charge is 0.251 e. The number of amides is 2. The van der Waals surface area contributed by atoms with Crippen molar-refractivity contribution in [1.29, 1.82) is 0 Å². The molecule has 1 aliphatic rings. The van der Waals surface area contributed by atoms with Crippen LogP contribution in [0.4, 0.5) is 5.69 Å². The molecule has 2 heterocycles. The molecule has 23 heavy (non-hydrogen) atoms. The van der Waals surface area contributed by atoms with Crippen LogP contribution >= 0.6 is 11.3 Å². The standard InChI is InChI=1S/C17H18N2O3S/c1-17(22,13-6-7-23-9-13)10-18-16(21)12-2-4-14-11(8-12)3-5-15(20)19-14/h2,4,6-9,22H,3,5,10H2,1H3,(H,18,21)(H,19,20). The van der Waals surface area contributed by atoms with E-state index >= 15 is 0 Å². The maximum atomic E-state index is 12.3. The topological polar surface area (TPSA) is 78.4 Å². The highest BCUT2D eigenvalue weighted by atomic mass is 32.1. The lowest BCUT2D eigenvalue weighted by Crippen LogP contribution is -2.38. The van der Waals surface area contributed by atoms with Crippen LogP contribution in [0.3, 0.4) is 0 Å². The quantitative estimate of drug-likeness (QED) is 0.805. The predicted molar refractivity (Wildman–Crippen MR) is 89.6 cm³/mol. The summed E-state index contributed by atoms with van der Waals surface area (Å²) in [5.74, 6) is -0.235. The number of fused-ring (bicyclic) bond motifs is 1. The van der Waals surface area contributed by atoms with Gasteiger partial charge in [-0.25, -0.2) is 0 Å². The molecule has 0 radical (unpaired) electrons. The number of anilines is 1. The average molecular weight is 330 g/mol. The summed E-state index contributed by atoms with van der Waals surface area (Å²) in [5.41, 5.74) is 1.94. The van der Waals surface area contributed by atoms with E-state index in [-0.39, 0.29) is 18.4 Å². The Balaban J connectivity index is 1.68. The monoisotopic (exact) mass is 330 g/mol. The van der Waals surface area contributed by atoms with E-state index in [1.165, 1.54) is 11.3 Å². The highest BCUT2D eigenvalue weighted by Crippen LogP contribution is 2.24. The molecular weight excluding hydrogens is 312 g/mol. The Morgan fingerprint density at radius 3 is 2.96 bits per heavy atom. The lowest BCUT2D eigenvalue weighted by molar-refractivity contribution is -0.116. The van der Waals surface area contributed by atoms with Crippen LogP contribution in [0.5, 0.6) is 0 Å². The Labute approximate surface area is 138 Å². The lowest BCUT2D eigenvalue weighted by Gasteiger charge is -2.23. The number of aryl methyl sites for hydroxylation is 1. The van der Waals surface area contributed by atoms with Gasteiger partial charge in [0.15, 0.2) is 0 Å². The lowest BCUT2D eigenvalue weighted by atomic mass is 9.98.